The lowest BCUT2D eigenvalue weighted by molar-refractivity contribution is -0.117. The van der Waals surface area contributed by atoms with Crippen molar-refractivity contribution >= 4 is 21.8 Å². The number of nitrogens with zero attached hydrogens (tertiary/aromatic N) is 3. The monoisotopic (exact) mass is 323 g/mol. The van der Waals surface area contributed by atoms with Crippen molar-refractivity contribution in [2.45, 2.75) is 12.8 Å². The van der Waals surface area contributed by atoms with Crippen LogP contribution in [0.2, 0.25) is 0 Å². The number of carbonyl (C=O) groups excluding carboxylic acids is 1. The summed E-state index contributed by atoms with van der Waals surface area (Å²) >= 11 is 0. The fourth-order valence-corrected chi connectivity index (χ4v) is 3.37. The van der Waals surface area contributed by atoms with E-state index in [1.807, 2.05) is 4.72 Å². The van der Waals surface area contributed by atoms with E-state index in [0.29, 0.717) is 12.8 Å². The van der Waals surface area contributed by atoms with Crippen molar-refractivity contribution in [3.63, 3.8) is 0 Å². The van der Waals surface area contributed by atoms with Gasteiger partial charge in [-0.1, -0.05) is 6.07 Å². The standard InChI is InChI=1S/C12H13N5O4S/c18-10-5-8(2-4-11-13-7-14-15-11)1-3-9(10)17-6-12(19)16-22(17,20)21/h1,3,5,7,18H,2,4,6H2,(H,16,19)(H,13,14,15). The van der Waals surface area contributed by atoms with E-state index in [0.717, 1.165) is 15.7 Å². The van der Waals surface area contributed by atoms with E-state index >= 15 is 0 Å². The molecule has 116 valence electrons. The van der Waals surface area contributed by atoms with Gasteiger partial charge in [0, 0.05) is 6.42 Å². The summed E-state index contributed by atoms with van der Waals surface area (Å²) in [6.45, 7) is -0.340. The maximum atomic E-state index is 11.8. The number of aromatic nitrogens is 3. The maximum absolute atomic E-state index is 11.8. The molecule has 10 heteroatoms. The van der Waals surface area contributed by atoms with Crippen molar-refractivity contribution < 1.29 is 18.3 Å². The van der Waals surface area contributed by atoms with Gasteiger partial charge in [-0.3, -0.25) is 9.89 Å². The number of carbonyl (C=O) groups is 1. The number of aromatic amines is 1. The van der Waals surface area contributed by atoms with Crippen LogP contribution in [0.15, 0.2) is 24.5 Å². The average Bonchev–Trinajstić information content (AvgIpc) is 3.04. The van der Waals surface area contributed by atoms with Crippen LogP contribution in [0.5, 0.6) is 5.75 Å². The van der Waals surface area contributed by atoms with Crippen LogP contribution in [0.25, 0.3) is 0 Å². The van der Waals surface area contributed by atoms with Gasteiger partial charge in [-0.15, -0.1) is 0 Å². The number of hydrogen-bond donors (Lipinski definition) is 3. The van der Waals surface area contributed by atoms with Crippen LogP contribution in [0.4, 0.5) is 5.69 Å². The highest BCUT2D eigenvalue weighted by atomic mass is 32.2. The first-order valence-electron chi connectivity index (χ1n) is 6.45. The first-order chi connectivity index (χ1) is 10.5. The van der Waals surface area contributed by atoms with Gasteiger partial charge in [-0.05, 0) is 24.1 Å². The van der Waals surface area contributed by atoms with Gasteiger partial charge in [0.05, 0.1) is 5.69 Å². The summed E-state index contributed by atoms with van der Waals surface area (Å²) in [5.74, 6) is -0.107. The Hall–Kier alpha value is -2.62. The van der Waals surface area contributed by atoms with Gasteiger partial charge in [-0.2, -0.15) is 13.5 Å². The van der Waals surface area contributed by atoms with Gasteiger partial charge < -0.3 is 5.11 Å². The summed E-state index contributed by atoms with van der Waals surface area (Å²) in [7, 11) is -3.92. The molecule has 1 aromatic heterocycles. The molecule has 1 saturated heterocycles. The molecular formula is C12H13N5O4S. The maximum Gasteiger partial charge on any atom is 0.326 e. The normalized spacial score (nSPS) is 16.7. The highest BCUT2D eigenvalue weighted by molar-refractivity contribution is 7.92. The lowest BCUT2D eigenvalue weighted by atomic mass is 10.1. The minimum atomic E-state index is -3.92. The van der Waals surface area contributed by atoms with Crippen molar-refractivity contribution in [2.24, 2.45) is 0 Å². The first-order valence-corrected chi connectivity index (χ1v) is 7.89. The predicted octanol–water partition coefficient (Wildman–Crippen LogP) is -0.524. The molecule has 1 aliphatic heterocycles. The Bertz CT molecular complexity index is 803. The summed E-state index contributed by atoms with van der Waals surface area (Å²) in [5.41, 5.74) is 0.885. The second-order valence-corrected chi connectivity index (χ2v) is 6.39. The number of nitrogens with one attached hydrogen (secondary N) is 2. The van der Waals surface area contributed by atoms with Crippen LogP contribution in [0, 0.1) is 0 Å². The first kappa shape index (κ1) is 14.3. The number of benzene rings is 1. The van der Waals surface area contributed by atoms with E-state index in [4.69, 9.17) is 0 Å². The van der Waals surface area contributed by atoms with E-state index in [-0.39, 0.29) is 18.0 Å². The van der Waals surface area contributed by atoms with Crippen molar-refractivity contribution in [1.82, 2.24) is 19.9 Å². The molecule has 9 nitrogen and oxygen atoms in total. The van der Waals surface area contributed by atoms with E-state index in [9.17, 15) is 18.3 Å². The number of phenols is 1. The SMILES string of the molecule is O=C1CN(c2ccc(CCc3ncn[nH]3)cc2O)S(=O)(=O)N1. The average molecular weight is 323 g/mol. The molecule has 2 heterocycles. The smallest absolute Gasteiger partial charge is 0.326 e. The van der Waals surface area contributed by atoms with Crippen LogP contribution >= 0.6 is 0 Å². The molecule has 2 aromatic rings. The molecule has 0 unspecified atom stereocenters. The zero-order valence-electron chi connectivity index (χ0n) is 11.4. The highest BCUT2D eigenvalue weighted by Gasteiger charge is 2.35. The molecule has 3 rings (SSSR count). The number of anilines is 1. The second kappa shape index (κ2) is 5.30. The Kier molecular flexibility index (Phi) is 3.45. The molecule has 0 spiro atoms. The Morgan fingerprint density at radius 3 is 2.73 bits per heavy atom. The minimum Gasteiger partial charge on any atom is -0.506 e. The van der Waals surface area contributed by atoms with Gasteiger partial charge >= 0.3 is 10.2 Å². The zero-order chi connectivity index (χ0) is 15.7. The van der Waals surface area contributed by atoms with Crippen molar-refractivity contribution in [1.29, 1.82) is 0 Å². The zero-order valence-corrected chi connectivity index (χ0v) is 12.2. The van der Waals surface area contributed by atoms with Crippen LogP contribution in [-0.4, -0.2) is 41.2 Å². The molecule has 1 aromatic carbocycles. The van der Waals surface area contributed by atoms with E-state index in [1.54, 1.807) is 6.07 Å². The Labute approximate surface area is 126 Å². The molecule has 1 fully saturated rings. The molecule has 3 N–H and O–H groups in total. The molecule has 0 radical (unpaired) electrons. The molecule has 0 atom stereocenters. The van der Waals surface area contributed by atoms with Crippen LogP contribution in [-0.2, 0) is 27.8 Å². The molecule has 22 heavy (non-hydrogen) atoms. The topological polar surface area (TPSA) is 128 Å². The van der Waals surface area contributed by atoms with E-state index in [2.05, 4.69) is 15.2 Å². The number of amides is 1. The van der Waals surface area contributed by atoms with Gasteiger partial charge in [0.1, 0.15) is 24.4 Å². The van der Waals surface area contributed by atoms with Crippen molar-refractivity contribution in [3.05, 3.63) is 35.9 Å². The lowest BCUT2D eigenvalue weighted by Gasteiger charge is -2.16. The van der Waals surface area contributed by atoms with Crippen LogP contribution in [0.3, 0.4) is 0 Å². The largest absolute Gasteiger partial charge is 0.506 e. The van der Waals surface area contributed by atoms with Crippen LogP contribution in [0.1, 0.15) is 11.4 Å². The highest BCUT2D eigenvalue weighted by Crippen LogP contribution is 2.31. The summed E-state index contributed by atoms with van der Waals surface area (Å²) in [6.07, 6.45) is 2.63. The number of hydrogen-bond acceptors (Lipinski definition) is 6. The summed E-state index contributed by atoms with van der Waals surface area (Å²) in [6, 6.07) is 4.65. The molecule has 1 amide bonds. The third kappa shape index (κ3) is 2.72. The summed E-state index contributed by atoms with van der Waals surface area (Å²) in [5, 5.41) is 16.5. The fourth-order valence-electron chi connectivity index (χ4n) is 2.21. The Balaban J connectivity index is 1.79. The minimum absolute atomic E-state index is 0.0711. The third-order valence-corrected chi connectivity index (χ3v) is 4.64. The van der Waals surface area contributed by atoms with E-state index < -0.39 is 16.1 Å². The summed E-state index contributed by atoms with van der Waals surface area (Å²) in [4.78, 5) is 15.2. The molecule has 0 saturated carbocycles. The van der Waals surface area contributed by atoms with Gasteiger partial charge in [0.2, 0.25) is 0 Å². The van der Waals surface area contributed by atoms with Crippen molar-refractivity contribution in [3.8, 4) is 5.75 Å². The Morgan fingerprint density at radius 1 is 1.32 bits per heavy atom. The Morgan fingerprint density at radius 2 is 2.14 bits per heavy atom. The lowest BCUT2D eigenvalue weighted by Crippen LogP contribution is -2.29. The van der Waals surface area contributed by atoms with Crippen LogP contribution < -0.4 is 9.03 Å². The molecular weight excluding hydrogens is 310 g/mol. The van der Waals surface area contributed by atoms with Gasteiger partial charge in [0.25, 0.3) is 5.91 Å². The molecule has 0 aliphatic carbocycles. The summed E-state index contributed by atoms with van der Waals surface area (Å²) < 4.78 is 26.2. The van der Waals surface area contributed by atoms with E-state index in [1.165, 1.54) is 18.5 Å². The number of aromatic hydroxyl groups is 1. The van der Waals surface area contributed by atoms with Crippen molar-refractivity contribution in [2.75, 3.05) is 10.8 Å². The molecule has 1 aliphatic rings. The quantitative estimate of drug-likeness (QED) is 0.694. The second-order valence-electron chi connectivity index (χ2n) is 4.79. The number of phenolic OH excluding ortho intramolecular Hbond substituents is 1. The molecule has 0 bridgehead atoms. The predicted molar refractivity (Wildman–Crippen MR) is 76.3 cm³/mol. The number of rotatable bonds is 4. The van der Waals surface area contributed by atoms with Gasteiger partial charge in [0.15, 0.2) is 0 Å². The fraction of sp³-hybridized carbons (Fsp3) is 0.250. The number of aryl methyl sites for hydroxylation is 2. The van der Waals surface area contributed by atoms with Gasteiger partial charge in [-0.25, -0.2) is 14.0 Å². The number of H-pyrrole nitrogens is 1. The third-order valence-electron chi connectivity index (χ3n) is 3.24.